The van der Waals surface area contributed by atoms with Crippen molar-refractivity contribution in [1.82, 2.24) is 0 Å². The van der Waals surface area contributed by atoms with Crippen molar-refractivity contribution in [1.29, 1.82) is 0 Å². The topological polar surface area (TPSA) is 26.0 Å². The summed E-state index contributed by atoms with van der Waals surface area (Å²) in [5.41, 5.74) is 8.46. The monoisotopic (exact) mass is 185 g/mol. The number of aryl methyl sites for hydroxylation is 1. The second-order valence-electron chi connectivity index (χ2n) is 2.87. The molecule has 0 spiro atoms. The number of hydrogen-bond donors (Lipinski definition) is 1. The minimum atomic E-state index is 0. The third-order valence-corrected chi connectivity index (χ3v) is 2.03. The van der Waals surface area contributed by atoms with Crippen LogP contribution in [-0.2, 0) is 0 Å². The second-order valence-corrected chi connectivity index (χ2v) is 2.87. The quantitative estimate of drug-likeness (QED) is 0.754. The van der Waals surface area contributed by atoms with Gasteiger partial charge in [0.2, 0.25) is 0 Å². The Hall–Kier alpha value is -0.530. The number of hydrogen-bond acceptors (Lipinski definition) is 1. The van der Waals surface area contributed by atoms with Crippen LogP contribution in [0, 0.1) is 6.92 Å². The molecule has 1 rings (SSSR count). The molecule has 2 N–H and O–H groups in total. The van der Waals surface area contributed by atoms with Crippen LogP contribution < -0.4 is 5.73 Å². The summed E-state index contributed by atoms with van der Waals surface area (Å²) in [4.78, 5) is 0. The van der Waals surface area contributed by atoms with Crippen LogP contribution in [0.4, 0.5) is 0 Å². The molecule has 0 aliphatic rings. The smallest absolute Gasteiger partial charge is 0.0294 e. The lowest BCUT2D eigenvalue weighted by Gasteiger charge is -2.11. The molecule has 0 unspecified atom stereocenters. The van der Waals surface area contributed by atoms with Crippen molar-refractivity contribution in [2.45, 2.75) is 26.3 Å². The van der Waals surface area contributed by atoms with Crippen LogP contribution in [-0.4, -0.2) is 0 Å². The molecule has 1 nitrogen and oxygen atoms in total. The van der Waals surface area contributed by atoms with Gasteiger partial charge in [-0.1, -0.05) is 31.2 Å². The fourth-order valence-electron chi connectivity index (χ4n) is 1.22. The Kier molecular flexibility index (Phi) is 4.95. The fourth-order valence-corrected chi connectivity index (χ4v) is 1.22. The molecule has 0 aliphatic heterocycles. The van der Waals surface area contributed by atoms with Crippen LogP contribution in [0.15, 0.2) is 24.3 Å². The molecule has 1 atom stereocenters. The normalized spacial score (nSPS) is 11.9. The van der Waals surface area contributed by atoms with Crippen LogP contribution in [0.3, 0.4) is 0 Å². The highest BCUT2D eigenvalue weighted by Crippen LogP contribution is 2.16. The van der Waals surface area contributed by atoms with E-state index in [9.17, 15) is 0 Å². The Morgan fingerprint density at radius 3 is 2.42 bits per heavy atom. The Bertz CT molecular complexity index is 235. The summed E-state index contributed by atoms with van der Waals surface area (Å²) in [6, 6.07) is 8.49. The lowest BCUT2D eigenvalue weighted by Crippen LogP contribution is -2.09. The zero-order valence-electron chi connectivity index (χ0n) is 7.58. The van der Waals surface area contributed by atoms with Gasteiger partial charge in [-0.05, 0) is 24.5 Å². The summed E-state index contributed by atoms with van der Waals surface area (Å²) in [6.07, 6.45) is 1.00. The maximum absolute atomic E-state index is 5.90. The molecule has 0 saturated carbocycles. The van der Waals surface area contributed by atoms with Gasteiger partial charge in [-0.25, -0.2) is 0 Å². The molecule has 2 heteroatoms. The van der Waals surface area contributed by atoms with E-state index in [2.05, 4.69) is 26.0 Å². The molecule has 0 radical (unpaired) electrons. The first-order chi connectivity index (χ1) is 5.25. The van der Waals surface area contributed by atoms with Gasteiger partial charge in [0.25, 0.3) is 0 Å². The number of nitrogens with two attached hydrogens (primary N) is 1. The van der Waals surface area contributed by atoms with E-state index in [1.807, 2.05) is 12.1 Å². The Labute approximate surface area is 80.4 Å². The van der Waals surface area contributed by atoms with Gasteiger partial charge < -0.3 is 5.73 Å². The van der Waals surface area contributed by atoms with Crippen LogP contribution in [0.25, 0.3) is 0 Å². The van der Waals surface area contributed by atoms with E-state index in [1.54, 1.807) is 0 Å². The van der Waals surface area contributed by atoms with E-state index in [1.165, 1.54) is 11.1 Å². The van der Waals surface area contributed by atoms with Gasteiger partial charge in [0.15, 0.2) is 0 Å². The van der Waals surface area contributed by atoms with Crippen LogP contribution >= 0.6 is 12.4 Å². The lowest BCUT2D eigenvalue weighted by atomic mass is 10.0. The van der Waals surface area contributed by atoms with E-state index >= 15 is 0 Å². The van der Waals surface area contributed by atoms with Gasteiger partial charge in [-0.15, -0.1) is 12.4 Å². The van der Waals surface area contributed by atoms with Gasteiger partial charge in [-0.2, -0.15) is 0 Å². The maximum atomic E-state index is 5.90. The van der Waals surface area contributed by atoms with Gasteiger partial charge in [0.05, 0.1) is 0 Å². The summed E-state index contributed by atoms with van der Waals surface area (Å²) in [7, 11) is 0. The number of halogens is 1. The van der Waals surface area contributed by atoms with E-state index in [0.717, 1.165) is 6.42 Å². The zero-order chi connectivity index (χ0) is 8.27. The van der Waals surface area contributed by atoms with Gasteiger partial charge in [0.1, 0.15) is 0 Å². The highest BCUT2D eigenvalue weighted by atomic mass is 35.5. The summed E-state index contributed by atoms with van der Waals surface area (Å²) < 4.78 is 0. The number of rotatable bonds is 2. The second kappa shape index (κ2) is 5.18. The molecule has 0 aromatic heterocycles. The molecule has 0 fully saturated rings. The van der Waals surface area contributed by atoms with Crippen molar-refractivity contribution in [3.05, 3.63) is 35.4 Å². The van der Waals surface area contributed by atoms with Gasteiger partial charge in [-0.3, -0.25) is 0 Å². The van der Waals surface area contributed by atoms with E-state index in [4.69, 9.17) is 5.73 Å². The van der Waals surface area contributed by atoms with Crippen molar-refractivity contribution in [2.75, 3.05) is 0 Å². The highest BCUT2D eigenvalue weighted by Gasteiger charge is 2.03. The predicted octanol–water partition coefficient (Wildman–Crippen LogP) is 2.83. The molecular weight excluding hydrogens is 170 g/mol. The minimum absolute atomic E-state index is 0. The number of benzene rings is 1. The van der Waals surface area contributed by atoms with Crippen LogP contribution in [0.1, 0.15) is 30.5 Å². The Balaban J connectivity index is 0.00000121. The molecule has 0 bridgehead atoms. The first kappa shape index (κ1) is 11.5. The molecule has 0 saturated heterocycles. The van der Waals surface area contributed by atoms with Crippen molar-refractivity contribution in [3.63, 3.8) is 0 Å². The third-order valence-electron chi connectivity index (χ3n) is 2.03. The summed E-state index contributed by atoms with van der Waals surface area (Å²) in [5.74, 6) is 0. The van der Waals surface area contributed by atoms with Crippen molar-refractivity contribution >= 4 is 12.4 Å². The van der Waals surface area contributed by atoms with Crippen LogP contribution in [0.5, 0.6) is 0 Å². The van der Waals surface area contributed by atoms with Crippen molar-refractivity contribution in [3.8, 4) is 0 Å². The molecular formula is C10H16ClN. The zero-order valence-corrected chi connectivity index (χ0v) is 8.40. The largest absolute Gasteiger partial charge is 0.324 e. The average molecular weight is 186 g/mol. The molecule has 12 heavy (non-hydrogen) atoms. The Morgan fingerprint density at radius 2 is 1.92 bits per heavy atom. The molecule has 0 amide bonds. The van der Waals surface area contributed by atoms with Crippen LogP contribution in [0.2, 0.25) is 0 Å². The molecule has 0 heterocycles. The van der Waals surface area contributed by atoms with Gasteiger partial charge in [0, 0.05) is 6.04 Å². The molecule has 68 valence electrons. The molecule has 1 aromatic carbocycles. The lowest BCUT2D eigenvalue weighted by molar-refractivity contribution is 0.694. The van der Waals surface area contributed by atoms with E-state index < -0.39 is 0 Å². The van der Waals surface area contributed by atoms with Crippen molar-refractivity contribution in [2.24, 2.45) is 5.73 Å². The average Bonchev–Trinajstić information content (AvgIpc) is 2.04. The van der Waals surface area contributed by atoms with E-state index in [-0.39, 0.29) is 18.4 Å². The predicted molar refractivity (Wildman–Crippen MR) is 55.6 cm³/mol. The van der Waals surface area contributed by atoms with E-state index in [0.29, 0.717) is 0 Å². The summed E-state index contributed by atoms with van der Waals surface area (Å²) in [6.45, 7) is 4.21. The molecule has 0 aliphatic carbocycles. The first-order valence-corrected chi connectivity index (χ1v) is 4.06. The SMILES string of the molecule is CC[C@@H](N)c1ccccc1C.Cl. The maximum Gasteiger partial charge on any atom is 0.0294 e. The van der Waals surface area contributed by atoms with Crippen molar-refractivity contribution < 1.29 is 0 Å². The highest BCUT2D eigenvalue weighted by molar-refractivity contribution is 5.85. The van der Waals surface area contributed by atoms with Gasteiger partial charge >= 0.3 is 0 Å². The standard InChI is InChI=1S/C10H15N.ClH/c1-3-10(11)9-7-5-4-6-8(9)2;/h4-7,10H,3,11H2,1-2H3;1H/t10-;/m1./s1. The minimum Gasteiger partial charge on any atom is -0.324 e. The molecule has 1 aromatic rings. The Morgan fingerprint density at radius 1 is 1.33 bits per heavy atom. The first-order valence-electron chi connectivity index (χ1n) is 4.06. The fraction of sp³-hybridized carbons (Fsp3) is 0.400. The summed E-state index contributed by atoms with van der Waals surface area (Å²) in [5, 5.41) is 0. The third kappa shape index (κ3) is 2.50. The summed E-state index contributed by atoms with van der Waals surface area (Å²) >= 11 is 0.